The molecule has 0 fully saturated rings. The van der Waals surface area contributed by atoms with Crippen LogP contribution < -0.4 is 21.1 Å². The minimum Gasteiger partial charge on any atom is -0.354 e. The van der Waals surface area contributed by atoms with E-state index < -0.39 is 0 Å². The molecule has 12 rings (SSSR count). The minimum atomic E-state index is -0.207. The van der Waals surface area contributed by atoms with Gasteiger partial charge >= 0.3 is 0 Å². The Bertz CT molecular complexity index is 3310. The summed E-state index contributed by atoms with van der Waals surface area (Å²) in [6.07, 6.45) is 0. The molecule has 0 amide bonds. The fraction of sp³-hybridized carbons (Fsp3) is 0.0545. The predicted molar refractivity (Wildman–Crippen MR) is 255 cm³/mol. The molecular weight excluding hydrogens is 731 g/mol. The normalized spacial score (nSPS) is 13.5. The second-order valence-electron chi connectivity index (χ2n) is 16.4. The number of rotatable bonds is 5. The number of thiophene rings is 1. The van der Waals surface area contributed by atoms with Gasteiger partial charge in [0.25, 0.3) is 0 Å². The van der Waals surface area contributed by atoms with Crippen molar-refractivity contribution in [3.8, 4) is 33.4 Å². The van der Waals surface area contributed by atoms with E-state index in [2.05, 4.69) is 219 Å². The second-order valence-corrected chi connectivity index (χ2v) is 17.4. The molecule has 2 aliphatic rings. The summed E-state index contributed by atoms with van der Waals surface area (Å²) < 4.78 is 2.56. The molecular formula is C55H38BN2S. The largest absolute Gasteiger partial charge is 0.354 e. The average molecular weight is 770 g/mol. The van der Waals surface area contributed by atoms with E-state index in [1.807, 2.05) is 11.3 Å². The SMILES string of the molecule is CC1(C)c2cccc3c2N(c2cc(-c4ccccc4)cc(-c4ccc(-c5ccccc5)cc4Nc4cccc5c4sc4ccccc45)c2[B]3)c2ccc3ccccc3c21. The molecule has 1 N–H and O–H groups in total. The third-order valence-corrected chi connectivity index (χ3v) is 13.9. The van der Waals surface area contributed by atoms with Crippen LogP contribution in [-0.2, 0) is 5.41 Å². The van der Waals surface area contributed by atoms with Gasteiger partial charge in [0.1, 0.15) is 0 Å². The quantitative estimate of drug-likeness (QED) is 0.175. The van der Waals surface area contributed by atoms with Gasteiger partial charge in [-0.15, -0.1) is 11.3 Å². The van der Waals surface area contributed by atoms with Crippen molar-refractivity contribution in [2.75, 3.05) is 10.2 Å². The van der Waals surface area contributed by atoms with Gasteiger partial charge in [-0.2, -0.15) is 0 Å². The molecule has 1 aromatic heterocycles. The van der Waals surface area contributed by atoms with Gasteiger partial charge in [-0.3, -0.25) is 0 Å². The van der Waals surface area contributed by atoms with Gasteiger partial charge in [-0.05, 0) is 91.6 Å². The van der Waals surface area contributed by atoms with Crippen LogP contribution in [0.3, 0.4) is 0 Å². The molecule has 59 heavy (non-hydrogen) atoms. The first-order valence-corrected chi connectivity index (χ1v) is 21.2. The van der Waals surface area contributed by atoms with E-state index in [0.717, 1.165) is 16.9 Å². The first-order valence-electron chi connectivity index (χ1n) is 20.4. The molecule has 0 aliphatic carbocycles. The number of benzene rings is 9. The van der Waals surface area contributed by atoms with Crippen LogP contribution >= 0.6 is 11.3 Å². The van der Waals surface area contributed by atoms with Crippen molar-refractivity contribution in [2.45, 2.75) is 19.3 Å². The minimum absolute atomic E-state index is 0.207. The number of anilines is 5. The zero-order valence-corrected chi connectivity index (χ0v) is 33.6. The van der Waals surface area contributed by atoms with Crippen LogP contribution in [0.1, 0.15) is 25.0 Å². The fourth-order valence-corrected chi connectivity index (χ4v) is 11.0. The Morgan fingerprint density at radius 1 is 0.508 bits per heavy atom. The van der Waals surface area contributed by atoms with Crippen LogP contribution in [0.4, 0.5) is 28.4 Å². The Labute approximate surface area is 349 Å². The molecule has 0 unspecified atom stereocenters. The predicted octanol–water partition coefficient (Wildman–Crippen LogP) is 14.0. The monoisotopic (exact) mass is 769 g/mol. The molecule has 1 radical (unpaired) electrons. The van der Waals surface area contributed by atoms with Crippen molar-refractivity contribution in [2.24, 2.45) is 0 Å². The molecule has 2 aliphatic heterocycles. The smallest absolute Gasteiger partial charge is 0.197 e. The molecule has 3 heterocycles. The highest BCUT2D eigenvalue weighted by Gasteiger charge is 2.42. The molecule has 277 valence electrons. The summed E-state index contributed by atoms with van der Waals surface area (Å²) >= 11 is 1.85. The molecule has 0 bridgehead atoms. The number of fused-ring (bicyclic) bond motifs is 9. The highest BCUT2D eigenvalue weighted by molar-refractivity contribution is 7.26. The maximum absolute atomic E-state index is 4.05. The van der Waals surface area contributed by atoms with Crippen molar-refractivity contribution in [3.05, 3.63) is 199 Å². The van der Waals surface area contributed by atoms with Crippen molar-refractivity contribution >= 4 is 88.9 Å². The third kappa shape index (κ3) is 5.26. The van der Waals surface area contributed by atoms with Gasteiger partial charge in [0.05, 0.1) is 16.1 Å². The van der Waals surface area contributed by atoms with Crippen molar-refractivity contribution < 1.29 is 0 Å². The van der Waals surface area contributed by atoms with Crippen molar-refractivity contribution in [1.29, 1.82) is 0 Å². The van der Waals surface area contributed by atoms with E-state index in [4.69, 9.17) is 0 Å². The molecule has 0 atom stereocenters. The van der Waals surface area contributed by atoms with Crippen LogP contribution in [0.5, 0.6) is 0 Å². The van der Waals surface area contributed by atoms with Crippen LogP contribution in [0, 0.1) is 0 Å². The lowest BCUT2D eigenvalue weighted by Crippen LogP contribution is -2.45. The molecule has 4 heteroatoms. The summed E-state index contributed by atoms with van der Waals surface area (Å²) in [6.45, 7) is 4.80. The summed E-state index contributed by atoms with van der Waals surface area (Å²) in [4.78, 5) is 2.58. The van der Waals surface area contributed by atoms with E-state index >= 15 is 0 Å². The van der Waals surface area contributed by atoms with E-state index in [1.165, 1.54) is 97.9 Å². The summed E-state index contributed by atoms with van der Waals surface area (Å²) in [5.41, 5.74) is 17.9. The molecule has 0 spiro atoms. The lowest BCUT2D eigenvalue weighted by Gasteiger charge is -2.46. The number of hydrogen-bond donors (Lipinski definition) is 1. The standard InChI is InChI=1S/C55H38BN2S/c1-55(2)44-23-14-24-45-53(44)58(48-30-28-36-19-9-10-20-39(36)51(48)55)49-33-38(35-17-7-4-8-18-35)31-43(52(49)56-45)40-29-27-37(34-15-5-3-6-16-34)32-47(40)57-46-25-13-22-42-41-21-11-12-26-50(41)59-54(42)46/h3-33,57H,1-2H3. The summed E-state index contributed by atoms with van der Waals surface area (Å²) in [6, 6.07) is 69.2. The number of hydrogen-bond acceptors (Lipinski definition) is 3. The maximum Gasteiger partial charge on any atom is 0.197 e. The van der Waals surface area contributed by atoms with E-state index in [-0.39, 0.29) is 5.41 Å². The van der Waals surface area contributed by atoms with Gasteiger partial charge in [-0.25, -0.2) is 0 Å². The molecule has 0 saturated heterocycles. The Morgan fingerprint density at radius 3 is 2.05 bits per heavy atom. The molecule has 9 aromatic carbocycles. The van der Waals surface area contributed by atoms with Gasteiger partial charge in [0, 0.05) is 43.5 Å². The highest BCUT2D eigenvalue weighted by atomic mass is 32.1. The van der Waals surface area contributed by atoms with Gasteiger partial charge < -0.3 is 10.2 Å². The van der Waals surface area contributed by atoms with Gasteiger partial charge in [-0.1, -0.05) is 171 Å². The molecule has 10 aromatic rings. The van der Waals surface area contributed by atoms with E-state index in [1.54, 1.807) is 0 Å². The summed E-state index contributed by atoms with van der Waals surface area (Å²) in [5, 5.41) is 9.19. The number of para-hydroxylation sites is 1. The number of nitrogens with zero attached hydrogens (tertiary/aromatic N) is 1. The second kappa shape index (κ2) is 13.1. The summed E-state index contributed by atoms with van der Waals surface area (Å²) in [5.74, 6) is 0. The Balaban J connectivity index is 1.14. The average Bonchev–Trinajstić information content (AvgIpc) is 3.67. The fourth-order valence-electron chi connectivity index (χ4n) is 9.87. The van der Waals surface area contributed by atoms with Crippen LogP contribution in [0.25, 0.3) is 64.3 Å². The van der Waals surface area contributed by atoms with E-state index in [0.29, 0.717) is 0 Å². The lowest BCUT2D eigenvalue weighted by atomic mass is 9.55. The van der Waals surface area contributed by atoms with Crippen molar-refractivity contribution in [3.63, 3.8) is 0 Å². The zero-order valence-electron chi connectivity index (χ0n) is 32.8. The topological polar surface area (TPSA) is 15.3 Å². The highest BCUT2D eigenvalue weighted by Crippen LogP contribution is 2.55. The first kappa shape index (κ1) is 34.2. The van der Waals surface area contributed by atoms with Crippen LogP contribution in [0.15, 0.2) is 188 Å². The summed E-state index contributed by atoms with van der Waals surface area (Å²) in [7, 11) is 2.44. The molecule has 2 nitrogen and oxygen atoms in total. The van der Waals surface area contributed by atoms with Crippen LogP contribution in [-0.4, -0.2) is 7.28 Å². The maximum atomic E-state index is 4.05. The van der Waals surface area contributed by atoms with Gasteiger partial charge in [0.2, 0.25) is 0 Å². The Hall–Kier alpha value is -6.88. The molecule has 0 saturated carbocycles. The first-order chi connectivity index (χ1) is 29.0. The Kier molecular flexibility index (Phi) is 7.58. The van der Waals surface area contributed by atoms with Crippen LogP contribution in [0.2, 0.25) is 0 Å². The van der Waals surface area contributed by atoms with Crippen molar-refractivity contribution in [1.82, 2.24) is 0 Å². The number of nitrogens with one attached hydrogen (secondary N) is 1. The van der Waals surface area contributed by atoms with E-state index in [9.17, 15) is 0 Å². The van der Waals surface area contributed by atoms with Gasteiger partial charge in [0.15, 0.2) is 7.28 Å². The Morgan fingerprint density at radius 2 is 1.22 bits per heavy atom. The zero-order chi connectivity index (χ0) is 39.2. The third-order valence-electron chi connectivity index (χ3n) is 12.6. The lowest BCUT2D eigenvalue weighted by molar-refractivity contribution is 0.639.